The molecule has 0 saturated carbocycles. The second-order valence-electron chi connectivity index (χ2n) is 6.79. The van der Waals surface area contributed by atoms with E-state index in [2.05, 4.69) is 35.8 Å². The fourth-order valence-corrected chi connectivity index (χ4v) is 3.55. The fourth-order valence-electron chi connectivity index (χ4n) is 3.55. The van der Waals surface area contributed by atoms with E-state index < -0.39 is 0 Å². The van der Waals surface area contributed by atoms with Crippen molar-refractivity contribution in [2.24, 2.45) is 0 Å². The second-order valence-corrected chi connectivity index (χ2v) is 6.79. The van der Waals surface area contributed by atoms with E-state index >= 15 is 0 Å². The molecule has 1 aliphatic carbocycles. The van der Waals surface area contributed by atoms with Gasteiger partial charge in [-0.15, -0.1) is 12.4 Å². The van der Waals surface area contributed by atoms with Gasteiger partial charge in [-0.2, -0.15) is 0 Å². The molecular formula is C19H29ClN2O2. The molecule has 5 heteroatoms. The van der Waals surface area contributed by atoms with Gasteiger partial charge in [-0.25, -0.2) is 0 Å². The first-order valence-corrected chi connectivity index (χ1v) is 8.96. The Kier molecular flexibility index (Phi) is 7.53. The molecule has 0 aromatic heterocycles. The summed E-state index contributed by atoms with van der Waals surface area (Å²) >= 11 is 0. The van der Waals surface area contributed by atoms with E-state index in [-0.39, 0.29) is 30.5 Å². The van der Waals surface area contributed by atoms with Gasteiger partial charge in [-0.05, 0) is 62.1 Å². The Bertz CT molecular complexity index is 544. The van der Waals surface area contributed by atoms with Crippen molar-refractivity contribution in [1.82, 2.24) is 10.6 Å². The van der Waals surface area contributed by atoms with E-state index in [1.165, 1.54) is 42.4 Å². The zero-order valence-electron chi connectivity index (χ0n) is 14.5. The maximum atomic E-state index is 12.1. The number of ether oxygens (including phenoxy) is 1. The molecule has 1 fully saturated rings. The lowest BCUT2D eigenvalue weighted by Gasteiger charge is -2.20. The number of hydrogen-bond donors (Lipinski definition) is 2. The molecule has 1 aromatic carbocycles. The van der Waals surface area contributed by atoms with Crippen LogP contribution in [0.2, 0.25) is 0 Å². The highest BCUT2D eigenvalue weighted by atomic mass is 35.5. The highest BCUT2D eigenvalue weighted by molar-refractivity contribution is 5.85. The first kappa shape index (κ1) is 19.2. The third kappa shape index (κ3) is 5.20. The third-order valence-electron chi connectivity index (χ3n) is 4.93. The number of carbonyl (C=O) groups excluding carboxylic acids is 1. The molecule has 4 nitrogen and oxygen atoms in total. The lowest BCUT2D eigenvalue weighted by atomic mass is 9.89. The second kappa shape index (κ2) is 9.40. The number of benzene rings is 1. The first-order chi connectivity index (χ1) is 11.2. The molecular weight excluding hydrogens is 324 g/mol. The van der Waals surface area contributed by atoms with E-state index in [0.29, 0.717) is 6.54 Å². The smallest absolute Gasteiger partial charge is 0.234 e. The summed E-state index contributed by atoms with van der Waals surface area (Å²) in [6.07, 6.45) is 7.46. The molecule has 0 radical (unpaired) electrons. The van der Waals surface area contributed by atoms with Crippen LogP contribution in [0.5, 0.6) is 0 Å². The molecule has 1 aromatic rings. The van der Waals surface area contributed by atoms with E-state index in [4.69, 9.17) is 4.74 Å². The zero-order chi connectivity index (χ0) is 16.1. The summed E-state index contributed by atoms with van der Waals surface area (Å²) in [5.74, 6) is 0.0493. The number of amides is 1. The van der Waals surface area contributed by atoms with Crippen LogP contribution < -0.4 is 10.6 Å². The van der Waals surface area contributed by atoms with Gasteiger partial charge >= 0.3 is 0 Å². The van der Waals surface area contributed by atoms with Crippen molar-refractivity contribution in [3.05, 3.63) is 34.9 Å². The van der Waals surface area contributed by atoms with E-state index in [9.17, 15) is 4.79 Å². The van der Waals surface area contributed by atoms with Gasteiger partial charge < -0.3 is 15.4 Å². The number of rotatable bonds is 6. The molecule has 134 valence electrons. The van der Waals surface area contributed by atoms with Crippen LogP contribution in [0.1, 0.15) is 55.3 Å². The lowest BCUT2D eigenvalue weighted by Crippen LogP contribution is -2.38. The van der Waals surface area contributed by atoms with Gasteiger partial charge in [0.2, 0.25) is 5.91 Å². The van der Waals surface area contributed by atoms with Crippen molar-refractivity contribution >= 4 is 18.3 Å². The van der Waals surface area contributed by atoms with Crippen LogP contribution in [0.15, 0.2) is 18.2 Å². The highest BCUT2D eigenvalue weighted by Gasteiger charge is 2.16. The summed E-state index contributed by atoms with van der Waals surface area (Å²) in [6.45, 7) is 4.03. The summed E-state index contributed by atoms with van der Waals surface area (Å²) in [5.41, 5.74) is 4.15. The van der Waals surface area contributed by atoms with Crippen molar-refractivity contribution in [2.75, 3.05) is 19.7 Å². The summed E-state index contributed by atoms with van der Waals surface area (Å²) in [5, 5.41) is 6.28. The number of carbonyl (C=O) groups is 1. The molecule has 2 aliphatic rings. The number of fused-ring (bicyclic) bond motifs is 1. The summed E-state index contributed by atoms with van der Waals surface area (Å²) in [6, 6.07) is 6.73. The molecule has 24 heavy (non-hydrogen) atoms. The van der Waals surface area contributed by atoms with E-state index in [0.717, 1.165) is 26.0 Å². The number of hydrogen-bond acceptors (Lipinski definition) is 3. The quantitative estimate of drug-likeness (QED) is 0.827. The lowest BCUT2D eigenvalue weighted by molar-refractivity contribution is -0.120. The molecule has 1 aliphatic heterocycles. The van der Waals surface area contributed by atoms with Gasteiger partial charge in [0.1, 0.15) is 0 Å². The zero-order valence-corrected chi connectivity index (χ0v) is 15.3. The number of aryl methyl sites for hydroxylation is 2. The average Bonchev–Trinajstić information content (AvgIpc) is 3.07. The van der Waals surface area contributed by atoms with Gasteiger partial charge in [0.15, 0.2) is 0 Å². The topological polar surface area (TPSA) is 50.4 Å². The van der Waals surface area contributed by atoms with Crippen molar-refractivity contribution in [3.63, 3.8) is 0 Å². The minimum absolute atomic E-state index is 0. The number of halogens is 1. The normalized spacial score (nSPS) is 20.8. The largest absolute Gasteiger partial charge is 0.377 e. The molecule has 1 amide bonds. The Labute approximate surface area is 151 Å². The predicted octanol–water partition coefficient (Wildman–Crippen LogP) is 2.93. The minimum Gasteiger partial charge on any atom is -0.377 e. The van der Waals surface area contributed by atoms with Crippen LogP contribution in [-0.2, 0) is 22.4 Å². The minimum atomic E-state index is 0. The van der Waals surface area contributed by atoms with Crippen LogP contribution in [0.25, 0.3) is 0 Å². The highest BCUT2D eigenvalue weighted by Crippen LogP contribution is 2.24. The molecule has 2 atom stereocenters. The summed E-state index contributed by atoms with van der Waals surface area (Å²) in [7, 11) is 0. The Morgan fingerprint density at radius 3 is 2.79 bits per heavy atom. The molecule has 0 spiro atoms. The third-order valence-corrected chi connectivity index (χ3v) is 4.93. The maximum Gasteiger partial charge on any atom is 0.234 e. The Balaban J connectivity index is 0.00000208. The van der Waals surface area contributed by atoms with E-state index in [1.807, 2.05) is 0 Å². The predicted molar refractivity (Wildman–Crippen MR) is 98.7 cm³/mol. The summed E-state index contributed by atoms with van der Waals surface area (Å²) < 4.78 is 5.54. The van der Waals surface area contributed by atoms with Gasteiger partial charge in [-0.1, -0.05) is 18.2 Å². The standard InChI is InChI=1S/C19H28N2O2.ClH/c1-14(16-9-8-15-5-2-3-6-17(15)11-16)21-19(22)13-20-12-18-7-4-10-23-18;/h8-9,11,14,18,20H,2-7,10,12-13H2,1H3,(H,21,22);1H. The maximum absolute atomic E-state index is 12.1. The van der Waals surface area contributed by atoms with Gasteiger partial charge in [0.05, 0.1) is 18.7 Å². The van der Waals surface area contributed by atoms with Gasteiger partial charge in [0, 0.05) is 13.2 Å². The Morgan fingerprint density at radius 2 is 2.04 bits per heavy atom. The Hall–Kier alpha value is -1.10. The molecule has 2 N–H and O–H groups in total. The van der Waals surface area contributed by atoms with Crippen molar-refractivity contribution < 1.29 is 9.53 Å². The number of nitrogens with one attached hydrogen (secondary N) is 2. The van der Waals surface area contributed by atoms with Gasteiger partial charge in [0.25, 0.3) is 0 Å². The molecule has 1 saturated heterocycles. The van der Waals surface area contributed by atoms with Crippen LogP contribution >= 0.6 is 12.4 Å². The molecule has 3 rings (SSSR count). The SMILES string of the molecule is CC(NC(=O)CNCC1CCCO1)c1ccc2c(c1)CCCC2.Cl. The van der Waals surface area contributed by atoms with Crippen LogP contribution in [0, 0.1) is 0 Å². The van der Waals surface area contributed by atoms with Crippen LogP contribution in [0.3, 0.4) is 0 Å². The van der Waals surface area contributed by atoms with Crippen LogP contribution in [0.4, 0.5) is 0 Å². The van der Waals surface area contributed by atoms with E-state index in [1.54, 1.807) is 0 Å². The van der Waals surface area contributed by atoms with Crippen molar-refractivity contribution in [2.45, 2.75) is 57.6 Å². The fraction of sp³-hybridized carbons (Fsp3) is 0.632. The Morgan fingerprint density at radius 1 is 1.25 bits per heavy atom. The molecule has 1 heterocycles. The molecule has 2 unspecified atom stereocenters. The summed E-state index contributed by atoms with van der Waals surface area (Å²) in [4.78, 5) is 12.1. The van der Waals surface area contributed by atoms with Gasteiger partial charge in [-0.3, -0.25) is 4.79 Å². The molecule has 0 bridgehead atoms. The first-order valence-electron chi connectivity index (χ1n) is 8.96. The van der Waals surface area contributed by atoms with Crippen LogP contribution in [-0.4, -0.2) is 31.7 Å². The average molecular weight is 353 g/mol. The van der Waals surface area contributed by atoms with Crippen molar-refractivity contribution in [1.29, 1.82) is 0 Å². The van der Waals surface area contributed by atoms with Crippen molar-refractivity contribution in [3.8, 4) is 0 Å². The monoisotopic (exact) mass is 352 g/mol.